The molecule has 2 aliphatic heterocycles. The maximum atomic E-state index is 11.5. The van der Waals surface area contributed by atoms with Crippen molar-refractivity contribution in [2.45, 2.75) is 12.5 Å². The van der Waals surface area contributed by atoms with Crippen molar-refractivity contribution >= 4 is 28.5 Å². The lowest BCUT2D eigenvalue weighted by Crippen LogP contribution is -2.23. The van der Waals surface area contributed by atoms with Crippen molar-refractivity contribution in [3.63, 3.8) is 0 Å². The van der Waals surface area contributed by atoms with Crippen molar-refractivity contribution in [1.82, 2.24) is 5.01 Å². The van der Waals surface area contributed by atoms with E-state index in [2.05, 4.69) is 29.3 Å². The summed E-state index contributed by atoms with van der Waals surface area (Å²) in [6.07, 6.45) is 0.807. The smallest absolute Gasteiger partial charge is 0.258 e. The number of thioether (sulfide) groups is 1. The summed E-state index contributed by atoms with van der Waals surface area (Å²) in [5.74, 6) is 0.323. The number of rotatable bonds is 2. The highest BCUT2D eigenvalue weighted by Gasteiger charge is 2.34. The number of amidine groups is 1. The Morgan fingerprint density at radius 1 is 1.00 bits per heavy atom. The summed E-state index contributed by atoms with van der Waals surface area (Å²) in [7, 11) is 0. The minimum Gasteiger partial charge on any atom is -0.272 e. The Kier molecular flexibility index (Phi) is 3.71. The zero-order valence-electron chi connectivity index (χ0n) is 12.4. The second-order valence-corrected chi connectivity index (χ2v) is 6.41. The van der Waals surface area contributed by atoms with Crippen LogP contribution in [0.4, 0.5) is 0 Å². The first-order valence-electron chi connectivity index (χ1n) is 7.52. The summed E-state index contributed by atoms with van der Waals surface area (Å²) in [6.45, 7) is 0. The number of amides is 1. The van der Waals surface area contributed by atoms with E-state index >= 15 is 0 Å². The summed E-state index contributed by atoms with van der Waals surface area (Å²) >= 11 is 1.46. The quantitative estimate of drug-likeness (QED) is 0.851. The van der Waals surface area contributed by atoms with Gasteiger partial charge in [-0.25, -0.2) is 5.01 Å². The molecule has 0 radical (unpaired) electrons. The molecular formula is C18H15N3OS. The van der Waals surface area contributed by atoms with Crippen molar-refractivity contribution in [1.29, 1.82) is 0 Å². The molecule has 0 saturated carbocycles. The minimum atomic E-state index is -0.0832. The van der Waals surface area contributed by atoms with E-state index in [1.54, 1.807) is 0 Å². The predicted molar refractivity (Wildman–Crippen MR) is 93.5 cm³/mol. The first-order chi connectivity index (χ1) is 11.3. The average Bonchev–Trinajstić information content (AvgIpc) is 3.23. The largest absolute Gasteiger partial charge is 0.272 e. The van der Waals surface area contributed by atoms with Crippen molar-refractivity contribution in [2.24, 2.45) is 10.1 Å². The summed E-state index contributed by atoms with van der Waals surface area (Å²) in [4.78, 5) is 15.7. The first kappa shape index (κ1) is 14.2. The van der Waals surface area contributed by atoms with E-state index in [-0.39, 0.29) is 11.9 Å². The van der Waals surface area contributed by atoms with Crippen LogP contribution in [0.15, 0.2) is 70.8 Å². The van der Waals surface area contributed by atoms with Crippen LogP contribution in [-0.4, -0.2) is 27.5 Å². The van der Waals surface area contributed by atoms with Crippen LogP contribution < -0.4 is 0 Å². The zero-order valence-corrected chi connectivity index (χ0v) is 13.2. The van der Waals surface area contributed by atoms with Crippen molar-refractivity contribution in [3.05, 3.63) is 71.8 Å². The highest BCUT2D eigenvalue weighted by molar-refractivity contribution is 8.14. The number of hydrogen-bond donors (Lipinski definition) is 0. The molecule has 1 unspecified atom stereocenters. The molecule has 4 nitrogen and oxygen atoms in total. The predicted octanol–water partition coefficient (Wildman–Crippen LogP) is 3.47. The van der Waals surface area contributed by atoms with Gasteiger partial charge in [0.15, 0.2) is 5.17 Å². The Hall–Kier alpha value is -2.40. The standard InChI is InChI=1S/C18H15N3OS/c22-17-12-23-18(19-17)21-16(14-9-5-2-6-10-14)11-15(20-21)13-7-3-1-4-8-13/h1-10,16H,11-12H2. The molecule has 23 heavy (non-hydrogen) atoms. The first-order valence-corrected chi connectivity index (χ1v) is 8.51. The van der Waals surface area contributed by atoms with Crippen LogP contribution in [0.3, 0.4) is 0 Å². The Morgan fingerprint density at radius 2 is 1.70 bits per heavy atom. The third-order valence-corrected chi connectivity index (χ3v) is 4.87. The second-order valence-electron chi connectivity index (χ2n) is 5.46. The van der Waals surface area contributed by atoms with Gasteiger partial charge in [-0.1, -0.05) is 72.4 Å². The Balaban J connectivity index is 1.72. The van der Waals surface area contributed by atoms with Gasteiger partial charge in [-0.15, -0.1) is 0 Å². The van der Waals surface area contributed by atoms with Crippen molar-refractivity contribution < 1.29 is 4.79 Å². The topological polar surface area (TPSA) is 45.0 Å². The number of benzene rings is 2. The monoisotopic (exact) mass is 321 g/mol. The third kappa shape index (κ3) is 2.80. The minimum absolute atomic E-state index is 0.0832. The van der Waals surface area contributed by atoms with Gasteiger partial charge >= 0.3 is 0 Å². The summed E-state index contributed by atoms with van der Waals surface area (Å²) in [6, 6.07) is 20.5. The second kappa shape index (κ2) is 6.01. The number of hydrazone groups is 1. The molecule has 1 atom stereocenters. The van der Waals surface area contributed by atoms with Crippen LogP contribution in [-0.2, 0) is 4.79 Å². The Morgan fingerprint density at radius 3 is 2.35 bits per heavy atom. The number of nitrogens with zero attached hydrogens (tertiary/aromatic N) is 3. The maximum Gasteiger partial charge on any atom is 0.258 e. The van der Waals surface area contributed by atoms with Gasteiger partial charge in [-0.05, 0) is 11.1 Å². The molecule has 0 N–H and O–H groups in total. The van der Waals surface area contributed by atoms with Crippen LogP contribution in [0, 0.1) is 0 Å². The normalized spacial score (nSPS) is 20.6. The third-order valence-electron chi connectivity index (χ3n) is 3.94. The fourth-order valence-corrected chi connectivity index (χ4v) is 3.63. The number of carbonyl (C=O) groups excluding carboxylic acids is 1. The number of aliphatic imine (C=N–C) groups is 1. The molecule has 0 fully saturated rings. The van der Waals surface area contributed by atoms with Gasteiger partial charge in [-0.2, -0.15) is 10.1 Å². The molecule has 5 heteroatoms. The molecule has 114 valence electrons. The molecule has 2 aromatic rings. The maximum absolute atomic E-state index is 11.5. The molecule has 2 aliphatic rings. The Labute approximate surface area is 138 Å². The molecule has 0 aliphatic carbocycles. The fraction of sp³-hybridized carbons (Fsp3) is 0.167. The van der Waals surface area contributed by atoms with Crippen molar-refractivity contribution in [3.8, 4) is 0 Å². The highest BCUT2D eigenvalue weighted by atomic mass is 32.2. The fourth-order valence-electron chi connectivity index (χ4n) is 2.84. The molecule has 0 spiro atoms. The van der Waals surface area contributed by atoms with Crippen LogP contribution in [0.25, 0.3) is 0 Å². The molecule has 1 amide bonds. The molecule has 2 heterocycles. The molecule has 0 bridgehead atoms. The van der Waals surface area contributed by atoms with Gasteiger partial charge in [0.25, 0.3) is 5.91 Å². The van der Waals surface area contributed by atoms with E-state index in [1.807, 2.05) is 41.4 Å². The lowest BCUT2D eigenvalue weighted by atomic mass is 9.99. The van der Waals surface area contributed by atoms with E-state index in [1.165, 1.54) is 17.3 Å². The SMILES string of the molecule is O=C1CSC(N2N=C(c3ccccc3)CC2c2ccccc2)=N1. The van der Waals surface area contributed by atoms with Crippen molar-refractivity contribution in [2.75, 3.05) is 5.75 Å². The van der Waals surface area contributed by atoms with E-state index in [0.29, 0.717) is 10.9 Å². The van der Waals surface area contributed by atoms with Gasteiger partial charge in [0.1, 0.15) is 0 Å². The molecular weight excluding hydrogens is 306 g/mol. The van der Waals surface area contributed by atoms with Gasteiger partial charge in [0.2, 0.25) is 0 Å². The lowest BCUT2D eigenvalue weighted by molar-refractivity contribution is -0.115. The molecule has 0 aromatic heterocycles. The van der Waals surface area contributed by atoms with Gasteiger partial charge in [-0.3, -0.25) is 4.79 Å². The summed E-state index contributed by atoms with van der Waals surface area (Å²) < 4.78 is 0. The van der Waals surface area contributed by atoms with E-state index in [0.717, 1.165) is 17.7 Å². The van der Waals surface area contributed by atoms with E-state index in [9.17, 15) is 4.79 Å². The van der Waals surface area contributed by atoms with Crippen LogP contribution >= 0.6 is 11.8 Å². The summed E-state index contributed by atoms with van der Waals surface area (Å²) in [5.41, 5.74) is 3.33. The number of carbonyl (C=O) groups is 1. The van der Waals surface area contributed by atoms with Gasteiger partial charge in [0.05, 0.1) is 17.5 Å². The van der Waals surface area contributed by atoms with Gasteiger partial charge < -0.3 is 0 Å². The average molecular weight is 321 g/mol. The zero-order chi connectivity index (χ0) is 15.6. The van der Waals surface area contributed by atoms with E-state index in [4.69, 9.17) is 5.10 Å². The molecule has 2 aromatic carbocycles. The van der Waals surface area contributed by atoms with Crippen LogP contribution in [0.2, 0.25) is 0 Å². The van der Waals surface area contributed by atoms with Gasteiger partial charge in [0, 0.05) is 6.42 Å². The highest BCUT2D eigenvalue weighted by Crippen LogP contribution is 2.36. The molecule has 4 rings (SSSR count). The number of hydrogen-bond acceptors (Lipinski definition) is 4. The van der Waals surface area contributed by atoms with Crippen LogP contribution in [0.5, 0.6) is 0 Å². The summed E-state index contributed by atoms with van der Waals surface area (Å²) in [5, 5.41) is 7.39. The lowest BCUT2D eigenvalue weighted by Gasteiger charge is -2.22. The molecule has 0 saturated heterocycles. The Bertz CT molecular complexity index is 786. The van der Waals surface area contributed by atoms with E-state index < -0.39 is 0 Å². The van der Waals surface area contributed by atoms with Crippen LogP contribution in [0.1, 0.15) is 23.6 Å².